The van der Waals surface area contributed by atoms with Crippen LogP contribution < -0.4 is 10.6 Å². The lowest BCUT2D eigenvalue weighted by Crippen LogP contribution is -2.35. The Labute approximate surface area is 165 Å². The Morgan fingerprint density at radius 1 is 0.929 bits per heavy atom. The minimum absolute atomic E-state index is 0.190. The number of anilines is 2. The highest BCUT2D eigenvalue weighted by molar-refractivity contribution is 5.97. The normalized spacial score (nSPS) is 15.2. The first-order chi connectivity index (χ1) is 13.7. The highest BCUT2D eigenvalue weighted by Crippen LogP contribution is 2.24. The molecule has 0 atom stereocenters. The largest absolute Gasteiger partial charge is 0.347 e. The molecule has 144 valence electrons. The highest BCUT2D eigenvalue weighted by Gasteiger charge is 2.19. The van der Waals surface area contributed by atoms with Crippen molar-refractivity contribution in [1.82, 2.24) is 15.3 Å². The first kappa shape index (κ1) is 18.4. The van der Waals surface area contributed by atoms with Crippen molar-refractivity contribution in [2.45, 2.75) is 51.5 Å². The van der Waals surface area contributed by atoms with Crippen LogP contribution in [0.3, 0.4) is 0 Å². The van der Waals surface area contributed by atoms with Gasteiger partial charge in [-0.25, -0.2) is 9.97 Å². The predicted molar refractivity (Wildman–Crippen MR) is 113 cm³/mol. The van der Waals surface area contributed by atoms with Crippen molar-refractivity contribution in [1.29, 1.82) is 0 Å². The number of nitrogens with zero attached hydrogens (tertiary/aromatic N) is 2. The first-order valence-electron chi connectivity index (χ1n) is 10.1. The van der Waals surface area contributed by atoms with Crippen LogP contribution in [0.4, 0.5) is 11.5 Å². The lowest BCUT2D eigenvalue weighted by Gasteiger charge is -2.16. The fourth-order valence-corrected chi connectivity index (χ4v) is 3.72. The third kappa shape index (κ3) is 4.30. The van der Waals surface area contributed by atoms with Crippen LogP contribution in [0.25, 0.3) is 10.9 Å². The molecule has 1 aliphatic carbocycles. The number of benzene rings is 2. The fraction of sp³-hybridized carbons (Fsp3) is 0.348. The van der Waals surface area contributed by atoms with Crippen LogP contribution in [-0.4, -0.2) is 21.9 Å². The van der Waals surface area contributed by atoms with Gasteiger partial charge in [0.05, 0.1) is 5.52 Å². The second-order valence-corrected chi connectivity index (χ2v) is 7.57. The Balaban J connectivity index is 1.63. The third-order valence-electron chi connectivity index (χ3n) is 5.31. The minimum Gasteiger partial charge on any atom is -0.347 e. The zero-order valence-electron chi connectivity index (χ0n) is 16.2. The summed E-state index contributed by atoms with van der Waals surface area (Å²) in [6.07, 6.45) is 6.92. The van der Waals surface area contributed by atoms with E-state index >= 15 is 0 Å². The molecule has 0 saturated heterocycles. The molecule has 0 spiro atoms. The number of hydrogen-bond donors (Lipinski definition) is 2. The molecule has 2 aromatic carbocycles. The molecule has 4 rings (SSSR count). The van der Waals surface area contributed by atoms with E-state index in [1.165, 1.54) is 31.2 Å². The number of aryl methyl sites for hydroxylation is 1. The van der Waals surface area contributed by atoms with E-state index in [-0.39, 0.29) is 17.8 Å². The number of fused-ring (bicyclic) bond motifs is 1. The van der Waals surface area contributed by atoms with Gasteiger partial charge < -0.3 is 10.6 Å². The van der Waals surface area contributed by atoms with Gasteiger partial charge in [-0.3, -0.25) is 4.79 Å². The average Bonchev–Trinajstić information content (AvgIpc) is 2.98. The van der Waals surface area contributed by atoms with Crippen LogP contribution in [0.1, 0.15) is 54.7 Å². The quantitative estimate of drug-likeness (QED) is 0.621. The van der Waals surface area contributed by atoms with Gasteiger partial charge in [-0.15, -0.1) is 0 Å². The molecular weight excluding hydrogens is 348 g/mol. The van der Waals surface area contributed by atoms with Crippen molar-refractivity contribution in [3.05, 3.63) is 59.9 Å². The molecule has 5 nitrogen and oxygen atoms in total. The lowest BCUT2D eigenvalue weighted by atomic mass is 10.1. The molecule has 1 fully saturated rings. The summed E-state index contributed by atoms with van der Waals surface area (Å²) in [6.45, 7) is 2.06. The lowest BCUT2D eigenvalue weighted by molar-refractivity contribution is 0.0923. The van der Waals surface area contributed by atoms with Crippen molar-refractivity contribution in [3.63, 3.8) is 0 Å². The van der Waals surface area contributed by atoms with Gasteiger partial charge in [0, 0.05) is 17.1 Å². The monoisotopic (exact) mass is 374 g/mol. The Bertz CT molecular complexity index is 960. The molecule has 0 bridgehead atoms. The molecule has 0 unspecified atom stereocenters. The molecule has 1 heterocycles. The molecule has 0 radical (unpaired) electrons. The van der Waals surface area contributed by atoms with E-state index < -0.39 is 0 Å². The van der Waals surface area contributed by atoms with E-state index in [4.69, 9.17) is 0 Å². The van der Waals surface area contributed by atoms with Crippen LogP contribution in [0.15, 0.2) is 48.5 Å². The number of carbonyl (C=O) groups excluding carboxylic acids is 1. The SMILES string of the molecule is Cc1ccc(Nc2nc(C(=O)NC3CCCCCC3)nc3ccccc23)cc1. The maximum atomic E-state index is 12.9. The number of rotatable bonds is 4. The van der Waals surface area contributed by atoms with Crippen molar-refractivity contribution in [3.8, 4) is 0 Å². The van der Waals surface area contributed by atoms with E-state index in [2.05, 4.69) is 27.5 Å². The average molecular weight is 374 g/mol. The zero-order chi connectivity index (χ0) is 19.3. The number of hydrogen-bond acceptors (Lipinski definition) is 4. The van der Waals surface area contributed by atoms with E-state index in [1.807, 2.05) is 48.5 Å². The molecular formula is C23H26N4O. The summed E-state index contributed by atoms with van der Waals surface area (Å²) < 4.78 is 0. The van der Waals surface area contributed by atoms with Crippen molar-refractivity contribution in [2.24, 2.45) is 0 Å². The van der Waals surface area contributed by atoms with Gasteiger partial charge >= 0.3 is 0 Å². The number of para-hydroxylation sites is 1. The van der Waals surface area contributed by atoms with Crippen LogP contribution >= 0.6 is 0 Å². The summed E-state index contributed by atoms with van der Waals surface area (Å²) in [7, 11) is 0. The molecule has 28 heavy (non-hydrogen) atoms. The van der Waals surface area contributed by atoms with Gasteiger partial charge in [-0.1, -0.05) is 55.5 Å². The number of carbonyl (C=O) groups is 1. The molecule has 2 N–H and O–H groups in total. The summed E-state index contributed by atoms with van der Waals surface area (Å²) in [4.78, 5) is 21.9. The van der Waals surface area contributed by atoms with Gasteiger partial charge in [-0.05, 0) is 44.0 Å². The second-order valence-electron chi connectivity index (χ2n) is 7.57. The Morgan fingerprint density at radius 3 is 2.39 bits per heavy atom. The molecule has 3 aromatic rings. The van der Waals surface area contributed by atoms with Crippen molar-refractivity contribution in [2.75, 3.05) is 5.32 Å². The molecule has 1 saturated carbocycles. The van der Waals surface area contributed by atoms with Crippen LogP contribution in [0, 0.1) is 6.92 Å². The van der Waals surface area contributed by atoms with Gasteiger partial charge in [-0.2, -0.15) is 0 Å². The summed E-state index contributed by atoms with van der Waals surface area (Å²) in [5.41, 5.74) is 2.89. The summed E-state index contributed by atoms with van der Waals surface area (Å²) in [5.74, 6) is 0.683. The fourth-order valence-electron chi connectivity index (χ4n) is 3.72. The smallest absolute Gasteiger partial charge is 0.289 e. The number of aromatic nitrogens is 2. The zero-order valence-corrected chi connectivity index (χ0v) is 16.2. The van der Waals surface area contributed by atoms with E-state index in [0.717, 1.165) is 29.4 Å². The second kappa shape index (κ2) is 8.38. The highest BCUT2D eigenvalue weighted by atomic mass is 16.2. The molecule has 0 aliphatic heterocycles. The van der Waals surface area contributed by atoms with Crippen LogP contribution in [-0.2, 0) is 0 Å². The van der Waals surface area contributed by atoms with Crippen molar-refractivity contribution >= 4 is 28.3 Å². The van der Waals surface area contributed by atoms with Crippen molar-refractivity contribution < 1.29 is 4.79 Å². The topological polar surface area (TPSA) is 66.9 Å². The minimum atomic E-state index is -0.190. The molecule has 1 aromatic heterocycles. The summed E-state index contributed by atoms with van der Waals surface area (Å²) in [6, 6.07) is 16.1. The van der Waals surface area contributed by atoms with Gasteiger partial charge in [0.1, 0.15) is 5.82 Å². The van der Waals surface area contributed by atoms with Crippen LogP contribution in [0.2, 0.25) is 0 Å². The summed E-state index contributed by atoms with van der Waals surface area (Å²) >= 11 is 0. The standard InChI is InChI=1S/C23H26N4O/c1-16-12-14-18(15-13-16)24-21-19-10-6-7-11-20(19)26-22(27-21)23(28)25-17-8-4-2-3-5-9-17/h6-7,10-15,17H,2-5,8-9H2,1H3,(H,25,28)(H,24,26,27). The predicted octanol–water partition coefficient (Wildman–Crippen LogP) is 5.13. The van der Waals surface area contributed by atoms with Crippen LogP contribution in [0.5, 0.6) is 0 Å². The van der Waals surface area contributed by atoms with Gasteiger partial charge in [0.2, 0.25) is 5.82 Å². The van der Waals surface area contributed by atoms with E-state index in [1.54, 1.807) is 0 Å². The van der Waals surface area contributed by atoms with E-state index in [9.17, 15) is 4.79 Å². The maximum Gasteiger partial charge on any atom is 0.289 e. The van der Waals surface area contributed by atoms with Gasteiger partial charge in [0.25, 0.3) is 5.91 Å². The van der Waals surface area contributed by atoms with Gasteiger partial charge in [0.15, 0.2) is 0 Å². The maximum absolute atomic E-state index is 12.9. The summed E-state index contributed by atoms with van der Waals surface area (Å²) in [5, 5.41) is 7.40. The first-order valence-corrected chi connectivity index (χ1v) is 10.1. The Hall–Kier alpha value is -2.95. The third-order valence-corrected chi connectivity index (χ3v) is 5.31. The molecule has 5 heteroatoms. The number of amides is 1. The molecule has 1 aliphatic rings. The Kier molecular flexibility index (Phi) is 5.51. The van der Waals surface area contributed by atoms with E-state index in [0.29, 0.717) is 5.82 Å². The number of nitrogens with one attached hydrogen (secondary N) is 2. The Morgan fingerprint density at radius 2 is 1.64 bits per heavy atom. The molecule has 1 amide bonds.